The normalized spacial score (nSPS) is 4.33. The number of hydrogen-bond acceptors (Lipinski definition) is 10. The summed E-state index contributed by atoms with van der Waals surface area (Å²) in [6, 6.07) is 0. The minimum absolute atomic E-state index is 0. The zero-order valence-corrected chi connectivity index (χ0v) is 24.1. The van der Waals surface area contributed by atoms with Crippen molar-refractivity contribution in [3.8, 4) is 0 Å². The van der Waals surface area contributed by atoms with Gasteiger partial charge in [0, 0.05) is 23.9 Å². The van der Waals surface area contributed by atoms with E-state index in [9.17, 15) is 0 Å². The average molecular weight is 390 g/mol. The molecule has 0 saturated carbocycles. The van der Waals surface area contributed by atoms with E-state index in [0.29, 0.717) is 0 Å². The fourth-order valence-corrected chi connectivity index (χ4v) is 0. The van der Waals surface area contributed by atoms with Gasteiger partial charge < -0.3 is 51.9 Å². The summed E-state index contributed by atoms with van der Waals surface area (Å²) in [5.74, 6) is -4.33. The Bertz CT molecular complexity index is 195. The Morgan fingerprint density at radius 1 is 0.500 bits per heavy atom. The largest absolute Gasteiger partial charge is 1.00 e. The van der Waals surface area contributed by atoms with Crippen LogP contribution in [0, 0.1) is 0 Å². The van der Waals surface area contributed by atoms with Crippen LogP contribution < -0.4 is 151 Å². The van der Waals surface area contributed by atoms with Crippen molar-refractivity contribution in [1.29, 1.82) is 0 Å². The van der Waals surface area contributed by atoms with Gasteiger partial charge in [0.2, 0.25) is 0 Å². The van der Waals surface area contributed by atoms with Gasteiger partial charge in [-0.25, -0.2) is 0 Å². The van der Waals surface area contributed by atoms with E-state index in [1.54, 1.807) is 0 Å². The summed E-state index contributed by atoms with van der Waals surface area (Å²) < 4.78 is 0. The van der Waals surface area contributed by atoms with Crippen LogP contribution in [0.25, 0.3) is 0 Å². The molecule has 0 atom stereocenters. The molecule has 0 fully saturated rings. The van der Waals surface area contributed by atoms with Crippen molar-refractivity contribution in [1.82, 2.24) is 12.3 Å². The van der Waals surface area contributed by atoms with Gasteiger partial charge in [0.15, 0.2) is 0 Å². The van der Waals surface area contributed by atoms with Gasteiger partial charge in [0.25, 0.3) is 0 Å². The van der Waals surface area contributed by atoms with Crippen LogP contribution in [0.5, 0.6) is 0 Å². The molecule has 24 heavy (non-hydrogen) atoms. The average Bonchev–Trinajstić information content (AvgIpc) is 2.01. The SMILES string of the molecule is C=C.CC(=O)[O-].CC(=O)[O-].CC(=O)[O-].CC(=O)[O-].N.N.[Na+].[Na+].[Na+].[Na+]. The molecule has 0 radical (unpaired) electrons. The van der Waals surface area contributed by atoms with Crippen molar-refractivity contribution >= 4 is 23.9 Å². The Morgan fingerprint density at radius 2 is 0.500 bits per heavy atom. The van der Waals surface area contributed by atoms with Gasteiger partial charge in [-0.3, -0.25) is 0 Å². The molecule has 10 nitrogen and oxygen atoms in total. The molecule has 14 heteroatoms. The molecule has 0 saturated heterocycles. The van der Waals surface area contributed by atoms with Gasteiger partial charge in [-0.1, -0.05) is 0 Å². The van der Waals surface area contributed by atoms with Crippen molar-refractivity contribution in [3.05, 3.63) is 13.2 Å². The number of rotatable bonds is 0. The third-order valence-electron chi connectivity index (χ3n) is 0. The van der Waals surface area contributed by atoms with Gasteiger partial charge in [0.05, 0.1) is 0 Å². The monoisotopic (exact) mass is 390 g/mol. The molecule has 0 unspecified atom stereocenters. The van der Waals surface area contributed by atoms with Gasteiger partial charge in [0.1, 0.15) is 0 Å². The van der Waals surface area contributed by atoms with E-state index in [1.807, 2.05) is 0 Å². The van der Waals surface area contributed by atoms with Crippen LogP contribution in [0.2, 0.25) is 0 Å². The predicted octanol–water partition coefficient (Wildman–Crippen LogP) is -15.8. The Hall–Kier alpha value is 1.54. The Balaban J connectivity index is -0.00000000932. The maximum absolute atomic E-state index is 8.89. The summed E-state index contributed by atoms with van der Waals surface area (Å²) in [5.41, 5.74) is 0. The Labute approximate surface area is 231 Å². The first-order valence-corrected chi connectivity index (χ1v) is 4.13. The molecule has 0 bridgehead atoms. The van der Waals surface area contributed by atoms with Crippen LogP contribution in [-0.2, 0) is 19.2 Å². The van der Waals surface area contributed by atoms with Crippen molar-refractivity contribution in [3.63, 3.8) is 0 Å². The second-order valence-electron chi connectivity index (χ2n) is 1.97. The van der Waals surface area contributed by atoms with E-state index < -0.39 is 23.9 Å². The van der Waals surface area contributed by atoms with Gasteiger partial charge >= 0.3 is 118 Å². The molecule has 124 valence electrons. The van der Waals surface area contributed by atoms with Gasteiger partial charge in [-0.15, -0.1) is 13.2 Å². The second-order valence-corrected chi connectivity index (χ2v) is 1.97. The molecule has 0 aromatic rings. The smallest absolute Gasteiger partial charge is 0.550 e. The first-order valence-electron chi connectivity index (χ1n) is 4.13. The molecule has 0 aromatic heterocycles. The fourth-order valence-electron chi connectivity index (χ4n) is 0. The van der Waals surface area contributed by atoms with Crippen LogP contribution in [0.4, 0.5) is 0 Å². The zero-order chi connectivity index (χ0) is 16.3. The first kappa shape index (κ1) is 72.8. The van der Waals surface area contributed by atoms with Crippen LogP contribution in [-0.4, -0.2) is 23.9 Å². The summed E-state index contributed by atoms with van der Waals surface area (Å²) in [7, 11) is 0. The summed E-state index contributed by atoms with van der Waals surface area (Å²) in [6.45, 7) is 9.89. The molecule has 0 aliphatic rings. The van der Waals surface area contributed by atoms with Gasteiger partial charge in [-0.05, 0) is 27.7 Å². The van der Waals surface area contributed by atoms with Crippen LogP contribution in [0.3, 0.4) is 0 Å². The molecule has 0 aliphatic carbocycles. The quantitative estimate of drug-likeness (QED) is 0.293. The summed E-state index contributed by atoms with van der Waals surface area (Å²) in [6.07, 6.45) is 0. The minimum Gasteiger partial charge on any atom is -0.550 e. The second kappa shape index (κ2) is 74.2. The molecule has 0 heterocycles. The number of carbonyl (C=O) groups is 4. The molecule has 0 rings (SSSR count). The van der Waals surface area contributed by atoms with E-state index in [1.165, 1.54) is 0 Å². The third-order valence-corrected chi connectivity index (χ3v) is 0. The van der Waals surface area contributed by atoms with Crippen molar-refractivity contribution in [2.24, 2.45) is 0 Å². The number of carboxylic acids is 4. The standard InChI is InChI=1S/4C2H4O2.C2H4.2H3N.4Na/c4*1-2(3)4;1-2;;;;;;/h4*1H3,(H,3,4);1-2H2;2*1H3;;;;/q;;;;;;;4*+1/p-4. The van der Waals surface area contributed by atoms with Crippen molar-refractivity contribution in [2.75, 3.05) is 0 Å². The molecule has 0 spiro atoms. The number of carboxylic acid groups (broad SMARTS) is 4. The first-order chi connectivity index (χ1) is 7.93. The molecule has 6 N–H and O–H groups in total. The summed E-state index contributed by atoms with van der Waals surface area (Å²) in [5, 5.41) is 35.6. The number of aliphatic carboxylic acids is 4. The summed E-state index contributed by atoms with van der Waals surface area (Å²) >= 11 is 0. The van der Waals surface area contributed by atoms with Crippen LogP contribution in [0.15, 0.2) is 13.2 Å². The topological polar surface area (TPSA) is 231 Å². The molecular formula is C10H22N2Na4O8. The van der Waals surface area contributed by atoms with E-state index in [2.05, 4.69) is 13.2 Å². The Morgan fingerprint density at radius 3 is 0.500 bits per heavy atom. The van der Waals surface area contributed by atoms with E-state index in [0.717, 1.165) is 27.7 Å². The van der Waals surface area contributed by atoms with Crippen molar-refractivity contribution in [2.45, 2.75) is 27.7 Å². The number of carbonyl (C=O) groups excluding carboxylic acids is 4. The van der Waals surface area contributed by atoms with Crippen molar-refractivity contribution < 1.29 is 158 Å². The maximum atomic E-state index is 8.89. The minimum atomic E-state index is -1.08. The third kappa shape index (κ3) is 5040. The molecule has 0 amide bonds. The molecule has 0 aliphatic heterocycles. The van der Waals surface area contributed by atoms with E-state index in [4.69, 9.17) is 39.6 Å². The predicted molar refractivity (Wildman–Crippen MR) is 64.0 cm³/mol. The zero-order valence-electron chi connectivity index (χ0n) is 16.1. The fraction of sp³-hybridized carbons (Fsp3) is 0.400. The van der Waals surface area contributed by atoms with Crippen LogP contribution >= 0.6 is 0 Å². The Kier molecular flexibility index (Phi) is 225. The van der Waals surface area contributed by atoms with Gasteiger partial charge in [-0.2, -0.15) is 0 Å². The molecule has 0 aromatic carbocycles. The molecular weight excluding hydrogens is 368 g/mol. The van der Waals surface area contributed by atoms with Crippen LogP contribution in [0.1, 0.15) is 27.7 Å². The van der Waals surface area contributed by atoms with E-state index in [-0.39, 0.29) is 131 Å². The maximum Gasteiger partial charge on any atom is 1.00 e. The number of hydrogen-bond donors (Lipinski definition) is 2. The van der Waals surface area contributed by atoms with E-state index >= 15 is 0 Å². The summed E-state index contributed by atoms with van der Waals surface area (Å²) in [4.78, 5) is 35.6.